The van der Waals surface area contributed by atoms with Crippen LogP contribution in [0.15, 0.2) is 59.1 Å². The highest BCUT2D eigenvalue weighted by atomic mass is 16.6. The van der Waals surface area contributed by atoms with Gasteiger partial charge in [-0.1, -0.05) is 73.0 Å². The van der Waals surface area contributed by atoms with Gasteiger partial charge in [-0.15, -0.1) is 0 Å². The third-order valence-corrected chi connectivity index (χ3v) is 9.65. The van der Waals surface area contributed by atoms with E-state index in [-0.39, 0.29) is 43.5 Å². The Morgan fingerprint density at radius 2 is 1.64 bits per heavy atom. The molecule has 1 aromatic heterocycles. The van der Waals surface area contributed by atoms with E-state index >= 15 is 0 Å². The second-order valence-corrected chi connectivity index (χ2v) is 13.9. The molecule has 1 saturated heterocycles. The molecule has 1 aliphatic heterocycles. The first-order chi connectivity index (χ1) is 22.6. The molecule has 250 valence electrons. The molecule has 2 aromatic carbocycles. The molecular formula is C37H45N3O7. The van der Waals surface area contributed by atoms with Crippen molar-refractivity contribution in [2.75, 3.05) is 19.8 Å². The Balaban J connectivity index is 1.26. The summed E-state index contributed by atoms with van der Waals surface area (Å²) in [6.45, 7) is 8.28. The standard InChI is InChI=1S/C37H45N3O7/c1-5-44-33(41)32-21-26(47-38-32)23-39(25-17-20-40(35(43)46-36(2,3)4)37(22-25)18-11-6-12-19-37)34(42)45-24-31-29-15-9-7-13-27(29)28-14-8-10-16-30(28)31/h7-10,13-16,21,25,31H,5-6,11-12,17-20,22-24H2,1-4H3. The van der Waals surface area contributed by atoms with E-state index in [0.717, 1.165) is 54.4 Å². The van der Waals surface area contributed by atoms with Gasteiger partial charge in [0.15, 0.2) is 11.5 Å². The molecule has 1 spiro atoms. The number of fused-ring (bicyclic) bond motifs is 3. The molecule has 1 unspecified atom stereocenters. The highest BCUT2D eigenvalue weighted by molar-refractivity contribution is 5.87. The first-order valence-corrected chi connectivity index (χ1v) is 16.8. The quantitative estimate of drug-likeness (QED) is 0.190. The van der Waals surface area contributed by atoms with Gasteiger partial charge in [0.1, 0.15) is 12.2 Å². The molecule has 2 aliphatic carbocycles. The van der Waals surface area contributed by atoms with Gasteiger partial charge in [-0.05, 0) is 75.6 Å². The average molecular weight is 644 g/mol. The monoisotopic (exact) mass is 643 g/mol. The predicted octanol–water partition coefficient (Wildman–Crippen LogP) is 7.70. The molecule has 3 aromatic rings. The Hall–Kier alpha value is -4.34. The van der Waals surface area contributed by atoms with Crippen molar-refractivity contribution in [3.05, 3.63) is 77.2 Å². The zero-order chi connectivity index (χ0) is 33.2. The number of aromatic nitrogens is 1. The fourth-order valence-electron chi connectivity index (χ4n) is 7.59. The SMILES string of the molecule is CCOC(=O)c1cc(CN(C(=O)OCC2c3ccccc3-c3ccccc32)C2CCN(C(=O)OC(C)(C)C)C3(CCCCC3)C2)on1. The van der Waals surface area contributed by atoms with E-state index in [1.807, 2.05) is 49.9 Å². The number of hydrogen-bond acceptors (Lipinski definition) is 8. The number of likely N-dealkylation sites (tertiary alicyclic amines) is 1. The van der Waals surface area contributed by atoms with Gasteiger partial charge in [0.05, 0.1) is 13.2 Å². The third kappa shape index (κ3) is 6.87. The second-order valence-electron chi connectivity index (χ2n) is 13.9. The van der Waals surface area contributed by atoms with Crippen LogP contribution in [0.25, 0.3) is 11.1 Å². The van der Waals surface area contributed by atoms with Crippen molar-refractivity contribution in [1.82, 2.24) is 15.0 Å². The first-order valence-electron chi connectivity index (χ1n) is 16.8. The highest BCUT2D eigenvalue weighted by Crippen LogP contribution is 2.45. The number of amides is 2. The lowest BCUT2D eigenvalue weighted by Crippen LogP contribution is -2.62. The topological polar surface area (TPSA) is 111 Å². The molecule has 0 N–H and O–H groups in total. The van der Waals surface area contributed by atoms with Crippen LogP contribution in [-0.4, -0.2) is 70.1 Å². The minimum absolute atomic E-state index is 0.0535. The lowest BCUT2D eigenvalue weighted by atomic mass is 9.73. The number of ether oxygens (including phenoxy) is 3. The number of nitrogens with zero attached hydrogens (tertiary/aromatic N) is 3. The van der Waals surface area contributed by atoms with Gasteiger partial charge >= 0.3 is 18.2 Å². The van der Waals surface area contributed by atoms with Gasteiger partial charge in [0.25, 0.3) is 0 Å². The molecule has 1 atom stereocenters. The van der Waals surface area contributed by atoms with E-state index in [9.17, 15) is 14.4 Å². The van der Waals surface area contributed by atoms with Crippen LogP contribution in [-0.2, 0) is 20.8 Å². The normalized spacial score (nSPS) is 18.7. The summed E-state index contributed by atoms with van der Waals surface area (Å²) < 4.78 is 22.7. The van der Waals surface area contributed by atoms with Gasteiger partial charge in [0, 0.05) is 30.1 Å². The molecule has 10 nitrogen and oxygen atoms in total. The van der Waals surface area contributed by atoms with Crippen LogP contribution in [0.1, 0.15) is 106 Å². The van der Waals surface area contributed by atoms with Crippen molar-refractivity contribution in [2.45, 2.75) is 102 Å². The van der Waals surface area contributed by atoms with Crippen LogP contribution in [0.5, 0.6) is 0 Å². The number of hydrogen-bond donors (Lipinski definition) is 0. The summed E-state index contributed by atoms with van der Waals surface area (Å²) in [6, 6.07) is 17.8. The fourth-order valence-corrected chi connectivity index (χ4v) is 7.59. The summed E-state index contributed by atoms with van der Waals surface area (Å²) in [4.78, 5) is 43.6. The van der Waals surface area contributed by atoms with E-state index < -0.39 is 23.2 Å². The summed E-state index contributed by atoms with van der Waals surface area (Å²) >= 11 is 0. The Kier molecular flexibility index (Phi) is 9.30. The Morgan fingerprint density at radius 1 is 0.979 bits per heavy atom. The van der Waals surface area contributed by atoms with E-state index in [4.69, 9.17) is 18.7 Å². The zero-order valence-corrected chi connectivity index (χ0v) is 27.8. The van der Waals surface area contributed by atoms with E-state index in [1.54, 1.807) is 11.8 Å². The molecule has 0 bridgehead atoms. The third-order valence-electron chi connectivity index (χ3n) is 9.65. The lowest BCUT2D eigenvalue weighted by molar-refractivity contribution is -0.0466. The van der Waals surface area contributed by atoms with Gasteiger partial charge in [0.2, 0.25) is 0 Å². The summed E-state index contributed by atoms with van der Waals surface area (Å²) in [5, 5.41) is 3.91. The molecule has 2 amide bonds. The number of carbonyl (C=O) groups is 3. The van der Waals surface area contributed by atoms with E-state index in [1.165, 1.54) is 6.07 Å². The number of carbonyl (C=O) groups excluding carboxylic acids is 3. The minimum Gasteiger partial charge on any atom is -0.461 e. The molecule has 6 rings (SSSR count). The maximum atomic E-state index is 14.2. The minimum atomic E-state index is -0.611. The Bertz CT molecular complexity index is 1560. The zero-order valence-electron chi connectivity index (χ0n) is 27.8. The molecule has 2 fully saturated rings. The number of benzene rings is 2. The van der Waals surface area contributed by atoms with Crippen LogP contribution < -0.4 is 0 Å². The van der Waals surface area contributed by atoms with E-state index in [0.29, 0.717) is 25.1 Å². The second kappa shape index (κ2) is 13.4. The maximum Gasteiger partial charge on any atom is 0.410 e. The molecule has 47 heavy (non-hydrogen) atoms. The average Bonchev–Trinajstić information content (AvgIpc) is 3.65. The van der Waals surface area contributed by atoms with Crippen molar-refractivity contribution < 1.29 is 33.1 Å². The number of rotatable bonds is 7. The summed E-state index contributed by atoms with van der Waals surface area (Å²) in [5.74, 6) is -0.316. The van der Waals surface area contributed by atoms with Crippen LogP contribution in [0, 0.1) is 0 Å². The number of piperidine rings is 1. The molecule has 3 aliphatic rings. The lowest BCUT2D eigenvalue weighted by Gasteiger charge is -2.53. The molecule has 0 radical (unpaired) electrons. The van der Waals surface area contributed by atoms with Gasteiger partial charge in [-0.25, -0.2) is 14.4 Å². The Labute approximate surface area is 276 Å². The highest BCUT2D eigenvalue weighted by Gasteiger charge is 2.49. The smallest absolute Gasteiger partial charge is 0.410 e. The van der Waals surface area contributed by atoms with Crippen LogP contribution >= 0.6 is 0 Å². The van der Waals surface area contributed by atoms with Crippen LogP contribution in [0.4, 0.5) is 9.59 Å². The van der Waals surface area contributed by atoms with Crippen molar-refractivity contribution in [3.8, 4) is 11.1 Å². The predicted molar refractivity (Wildman–Crippen MR) is 175 cm³/mol. The van der Waals surface area contributed by atoms with Crippen LogP contribution in [0.3, 0.4) is 0 Å². The van der Waals surface area contributed by atoms with Gasteiger partial charge in [-0.2, -0.15) is 0 Å². The fraction of sp³-hybridized carbons (Fsp3) is 0.514. The largest absolute Gasteiger partial charge is 0.461 e. The van der Waals surface area contributed by atoms with Crippen molar-refractivity contribution >= 4 is 18.2 Å². The van der Waals surface area contributed by atoms with Crippen molar-refractivity contribution in [3.63, 3.8) is 0 Å². The molecule has 2 heterocycles. The Morgan fingerprint density at radius 3 is 2.28 bits per heavy atom. The summed E-state index contributed by atoms with van der Waals surface area (Å²) in [6.07, 6.45) is 5.16. The molecular weight excluding hydrogens is 598 g/mol. The summed E-state index contributed by atoms with van der Waals surface area (Å²) in [5.41, 5.74) is 3.59. The van der Waals surface area contributed by atoms with Gasteiger partial charge in [-0.3, -0.25) is 4.90 Å². The molecule has 10 heteroatoms. The molecule has 1 saturated carbocycles. The summed E-state index contributed by atoms with van der Waals surface area (Å²) in [7, 11) is 0. The van der Waals surface area contributed by atoms with E-state index in [2.05, 4.69) is 29.4 Å². The first kappa shape index (κ1) is 32.6. The van der Waals surface area contributed by atoms with Crippen LogP contribution in [0.2, 0.25) is 0 Å². The maximum absolute atomic E-state index is 14.2. The number of esters is 1. The van der Waals surface area contributed by atoms with Crippen molar-refractivity contribution in [1.29, 1.82) is 0 Å². The van der Waals surface area contributed by atoms with Gasteiger partial charge < -0.3 is 23.6 Å². The van der Waals surface area contributed by atoms with Crippen molar-refractivity contribution in [2.24, 2.45) is 0 Å².